The Hall–Kier alpha value is -1.34. The number of nitrogens with two attached hydrogens (primary N) is 1. The number of hydrazine groups is 1. The highest BCUT2D eigenvalue weighted by Crippen LogP contribution is 2.07. The van der Waals surface area contributed by atoms with Crippen molar-refractivity contribution in [3.8, 4) is 0 Å². The molecule has 0 fully saturated rings. The van der Waals surface area contributed by atoms with Crippen molar-refractivity contribution >= 4 is 21.5 Å². The van der Waals surface area contributed by atoms with Crippen LogP contribution in [0.15, 0.2) is 18.2 Å². The third kappa shape index (κ3) is 4.61. The monoisotopic (exact) mass is 230 g/mol. The summed E-state index contributed by atoms with van der Waals surface area (Å²) < 4.78 is 21.7. The summed E-state index contributed by atoms with van der Waals surface area (Å²) in [5, 5.41) is 2.89. The first-order valence-electron chi connectivity index (χ1n) is 4.36. The molecule has 1 heterocycles. The molecule has 0 saturated carbocycles. The van der Waals surface area contributed by atoms with Gasteiger partial charge in [0, 0.05) is 12.8 Å². The lowest BCUT2D eigenvalue weighted by atomic mass is 10.4. The second-order valence-electron chi connectivity index (χ2n) is 3.11. The molecule has 0 aliphatic heterocycles. The molecule has 1 rings (SSSR count). The van der Waals surface area contributed by atoms with Crippen LogP contribution in [0.3, 0.4) is 0 Å². The maximum absolute atomic E-state index is 10.9. The minimum atomic E-state index is -2.94. The summed E-state index contributed by atoms with van der Waals surface area (Å²) >= 11 is 0. The Morgan fingerprint density at radius 3 is 2.67 bits per heavy atom. The Morgan fingerprint density at radius 2 is 2.07 bits per heavy atom. The highest BCUT2D eigenvalue weighted by atomic mass is 32.2. The molecule has 0 aliphatic carbocycles. The zero-order valence-corrected chi connectivity index (χ0v) is 9.21. The van der Waals surface area contributed by atoms with Crippen LogP contribution in [0.4, 0.5) is 11.6 Å². The fourth-order valence-corrected chi connectivity index (χ4v) is 1.45. The summed E-state index contributed by atoms with van der Waals surface area (Å²) in [5.41, 5.74) is 2.40. The van der Waals surface area contributed by atoms with Gasteiger partial charge in [-0.25, -0.2) is 19.2 Å². The van der Waals surface area contributed by atoms with E-state index in [0.29, 0.717) is 18.2 Å². The van der Waals surface area contributed by atoms with Gasteiger partial charge in [-0.3, -0.25) is 0 Å². The molecule has 0 amide bonds. The van der Waals surface area contributed by atoms with Crippen molar-refractivity contribution in [2.75, 3.05) is 29.3 Å². The maximum atomic E-state index is 10.9. The average Bonchev–Trinajstić information content (AvgIpc) is 2.16. The highest BCUT2D eigenvalue weighted by Gasteiger charge is 2.01. The number of sulfone groups is 1. The van der Waals surface area contributed by atoms with Gasteiger partial charge in [-0.2, -0.15) is 0 Å². The molecule has 15 heavy (non-hydrogen) atoms. The van der Waals surface area contributed by atoms with Gasteiger partial charge in [0.15, 0.2) is 0 Å². The van der Waals surface area contributed by atoms with E-state index in [4.69, 9.17) is 5.84 Å². The molecule has 0 aliphatic rings. The Labute approximate surface area is 88.8 Å². The predicted octanol–water partition coefficient (Wildman–Crippen LogP) is -0.176. The molecule has 4 N–H and O–H groups in total. The minimum absolute atomic E-state index is 0.0783. The lowest BCUT2D eigenvalue weighted by Crippen LogP contribution is -2.15. The van der Waals surface area contributed by atoms with E-state index in [1.54, 1.807) is 18.2 Å². The Kier molecular flexibility index (Phi) is 3.87. The first-order chi connectivity index (χ1) is 7.01. The summed E-state index contributed by atoms with van der Waals surface area (Å²) in [6, 6.07) is 5.22. The van der Waals surface area contributed by atoms with Gasteiger partial charge in [-0.1, -0.05) is 6.07 Å². The van der Waals surface area contributed by atoms with Crippen LogP contribution in [0, 0.1) is 0 Å². The zero-order valence-electron chi connectivity index (χ0n) is 8.40. The number of hydrogen-bond acceptors (Lipinski definition) is 6. The van der Waals surface area contributed by atoms with Gasteiger partial charge in [-0.15, -0.1) is 0 Å². The highest BCUT2D eigenvalue weighted by molar-refractivity contribution is 7.90. The number of rotatable bonds is 5. The van der Waals surface area contributed by atoms with E-state index in [-0.39, 0.29) is 5.75 Å². The van der Waals surface area contributed by atoms with Crippen LogP contribution in [-0.4, -0.2) is 32.0 Å². The summed E-state index contributed by atoms with van der Waals surface area (Å²) in [4.78, 5) is 4.07. The third-order valence-corrected chi connectivity index (χ3v) is 2.62. The van der Waals surface area contributed by atoms with Crippen molar-refractivity contribution in [1.29, 1.82) is 0 Å². The third-order valence-electron chi connectivity index (χ3n) is 1.68. The lowest BCUT2D eigenvalue weighted by molar-refractivity contribution is 0.602. The molecule has 0 saturated heterocycles. The van der Waals surface area contributed by atoms with E-state index < -0.39 is 9.84 Å². The number of aromatic nitrogens is 1. The van der Waals surface area contributed by atoms with E-state index in [2.05, 4.69) is 15.7 Å². The van der Waals surface area contributed by atoms with Gasteiger partial charge < -0.3 is 10.7 Å². The quantitative estimate of drug-likeness (QED) is 0.480. The van der Waals surface area contributed by atoms with Crippen LogP contribution < -0.4 is 16.6 Å². The molecule has 0 spiro atoms. The van der Waals surface area contributed by atoms with E-state index >= 15 is 0 Å². The molecule has 84 valence electrons. The summed E-state index contributed by atoms with van der Waals surface area (Å²) in [6.07, 6.45) is 1.19. The predicted molar refractivity (Wildman–Crippen MR) is 60.2 cm³/mol. The molecule has 1 aromatic heterocycles. The van der Waals surface area contributed by atoms with Crippen LogP contribution in [0.5, 0.6) is 0 Å². The first-order valence-corrected chi connectivity index (χ1v) is 6.42. The van der Waals surface area contributed by atoms with Crippen LogP contribution in [0.2, 0.25) is 0 Å². The molecule has 0 atom stereocenters. The van der Waals surface area contributed by atoms with Crippen LogP contribution in [0.25, 0.3) is 0 Å². The Balaban J connectivity index is 2.51. The number of hydrogen-bond donors (Lipinski definition) is 3. The smallest absolute Gasteiger partial charge is 0.149 e. The molecular formula is C8H14N4O2S. The zero-order chi connectivity index (χ0) is 11.3. The summed E-state index contributed by atoms with van der Waals surface area (Å²) in [7, 11) is -2.94. The van der Waals surface area contributed by atoms with Crippen molar-refractivity contribution in [1.82, 2.24) is 4.98 Å². The van der Waals surface area contributed by atoms with Gasteiger partial charge in [0.05, 0.1) is 5.75 Å². The molecule has 0 bridgehead atoms. The normalized spacial score (nSPS) is 11.1. The fourth-order valence-electron chi connectivity index (χ4n) is 0.978. The molecular weight excluding hydrogens is 216 g/mol. The van der Waals surface area contributed by atoms with Crippen LogP contribution >= 0.6 is 0 Å². The first kappa shape index (κ1) is 11.7. The van der Waals surface area contributed by atoms with Crippen molar-refractivity contribution in [3.05, 3.63) is 18.2 Å². The Bertz CT molecular complexity index is 418. The van der Waals surface area contributed by atoms with Crippen molar-refractivity contribution in [2.24, 2.45) is 5.84 Å². The molecule has 1 aromatic rings. The second kappa shape index (κ2) is 4.94. The van der Waals surface area contributed by atoms with Gasteiger partial charge in [-0.05, 0) is 12.1 Å². The van der Waals surface area contributed by atoms with Crippen LogP contribution in [-0.2, 0) is 9.84 Å². The van der Waals surface area contributed by atoms with E-state index in [9.17, 15) is 8.42 Å². The summed E-state index contributed by atoms with van der Waals surface area (Å²) in [5.74, 6) is 6.38. The van der Waals surface area contributed by atoms with E-state index in [1.165, 1.54) is 6.26 Å². The van der Waals surface area contributed by atoms with E-state index in [0.717, 1.165) is 0 Å². The fraction of sp³-hybridized carbons (Fsp3) is 0.375. The number of pyridine rings is 1. The van der Waals surface area contributed by atoms with Gasteiger partial charge in [0.25, 0.3) is 0 Å². The van der Waals surface area contributed by atoms with Crippen LogP contribution in [0.1, 0.15) is 0 Å². The lowest BCUT2D eigenvalue weighted by Gasteiger charge is -2.05. The standard InChI is InChI=1S/C8H14N4O2S/c1-15(13,14)6-5-10-7-3-2-4-8(11-7)12-9/h2-4H,5-6,9H2,1H3,(H2,10,11,12). The average molecular weight is 230 g/mol. The summed E-state index contributed by atoms with van der Waals surface area (Å²) in [6.45, 7) is 0.333. The van der Waals surface area contributed by atoms with Crippen molar-refractivity contribution < 1.29 is 8.42 Å². The van der Waals surface area contributed by atoms with E-state index in [1.807, 2.05) is 0 Å². The molecule has 7 heteroatoms. The SMILES string of the molecule is CS(=O)(=O)CCNc1cccc(NN)n1. The number of anilines is 2. The number of nitrogens with zero attached hydrogens (tertiary/aromatic N) is 1. The van der Waals surface area contributed by atoms with Crippen molar-refractivity contribution in [3.63, 3.8) is 0 Å². The second-order valence-corrected chi connectivity index (χ2v) is 5.37. The number of nitrogen functional groups attached to an aromatic ring is 1. The Morgan fingerprint density at radius 1 is 1.40 bits per heavy atom. The number of nitrogens with one attached hydrogen (secondary N) is 2. The van der Waals surface area contributed by atoms with Gasteiger partial charge in [0.1, 0.15) is 21.5 Å². The molecule has 0 aromatic carbocycles. The van der Waals surface area contributed by atoms with Gasteiger partial charge >= 0.3 is 0 Å². The van der Waals surface area contributed by atoms with Gasteiger partial charge in [0.2, 0.25) is 0 Å². The maximum Gasteiger partial charge on any atom is 0.149 e. The largest absolute Gasteiger partial charge is 0.369 e. The van der Waals surface area contributed by atoms with Crippen molar-refractivity contribution in [2.45, 2.75) is 0 Å². The molecule has 0 radical (unpaired) electrons. The molecule has 6 nitrogen and oxygen atoms in total. The minimum Gasteiger partial charge on any atom is -0.369 e. The topological polar surface area (TPSA) is 97.1 Å². The molecule has 0 unspecified atom stereocenters.